The summed E-state index contributed by atoms with van der Waals surface area (Å²) in [5.41, 5.74) is 2.52. The number of halogens is 3. The first-order chi connectivity index (χ1) is 15.0. The standard InChI is InChI=1S/C23H23F3N4O2/c1-13-5-7-17(8-6-13)30-21(23(24,25)26)18(11-28-30)22(32)27-12-19(31)29-20-15(3)9-14(2)10-16(20)4/h5-11H,12H2,1-4H3,(H,27,32)(H,29,31). The number of benzene rings is 2. The van der Waals surface area contributed by atoms with E-state index < -0.39 is 35.8 Å². The van der Waals surface area contributed by atoms with Crippen molar-refractivity contribution in [1.82, 2.24) is 15.1 Å². The third-order valence-electron chi connectivity index (χ3n) is 4.91. The zero-order valence-electron chi connectivity index (χ0n) is 18.1. The van der Waals surface area contributed by atoms with Crippen LogP contribution in [0.15, 0.2) is 42.6 Å². The summed E-state index contributed by atoms with van der Waals surface area (Å²) >= 11 is 0. The van der Waals surface area contributed by atoms with Gasteiger partial charge in [0.15, 0.2) is 5.69 Å². The van der Waals surface area contributed by atoms with Crippen LogP contribution in [-0.2, 0) is 11.0 Å². The molecule has 32 heavy (non-hydrogen) atoms. The molecule has 0 unspecified atom stereocenters. The molecule has 9 heteroatoms. The van der Waals surface area contributed by atoms with E-state index in [1.165, 1.54) is 12.1 Å². The second-order valence-corrected chi connectivity index (χ2v) is 7.66. The molecule has 0 radical (unpaired) electrons. The Morgan fingerprint density at radius 3 is 2.12 bits per heavy atom. The fourth-order valence-electron chi connectivity index (χ4n) is 3.49. The number of aryl methyl sites for hydroxylation is 4. The Bertz CT molecular complexity index is 1140. The second-order valence-electron chi connectivity index (χ2n) is 7.66. The predicted molar refractivity (Wildman–Crippen MR) is 115 cm³/mol. The fourth-order valence-corrected chi connectivity index (χ4v) is 3.49. The van der Waals surface area contributed by atoms with E-state index >= 15 is 0 Å². The van der Waals surface area contributed by atoms with Crippen molar-refractivity contribution in [3.8, 4) is 5.69 Å². The first-order valence-electron chi connectivity index (χ1n) is 9.85. The Balaban J connectivity index is 1.78. The number of carbonyl (C=O) groups is 2. The van der Waals surface area contributed by atoms with Crippen LogP contribution in [0.4, 0.5) is 18.9 Å². The summed E-state index contributed by atoms with van der Waals surface area (Å²) in [5.74, 6) is -1.59. The van der Waals surface area contributed by atoms with Crippen molar-refractivity contribution in [1.29, 1.82) is 0 Å². The molecule has 0 aliphatic carbocycles. The molecule has 0 bridgehead atoms. The van der Waals surface area contributed by atoms with Gasteiger partial charge in [0.05, 0.1) is 24.0 Å². The van der Waals surface area contributed by atoms with Crippen molar-refractivity contribution in [2.45, 2.75) is 33.9 Å². The fraction of sp³-hybridized carbons (Fsp3) is 0.261. The van der Waals surface area contributed by atoms with Gasteiger partial charge < -0.3 is 10.6 Å². The molecule has 2 aromatic carbocycles. The molecule has 168 valence electrons. The molecular formula is C23H23F3N4O2. The van der Waals surface area contributed by atoms with Crippen molar-refractivity contribution in [3.63, 3.8) is 0 Å². The number of hydrogen-bond acceptors (Lipinski definition) is 3. The smallest absolute Gasteiger partial charge is 0.343 e. The number of anilines is 1. The van der Waals surface area contributed by atoms with E-state index in [4.69, 9.17) is 0 Å². The third-order valence-corrected chi connectivity index (χ3v) is 4.91. The minimum absolute atomic E-state index is 0.171. The van der Waals surface area contributed by atoms with Crippen LogP contribution in [0.3, 0.4) is 0 Å². The number of nitrogens with zero attached hydrogens (tertiary/aromatic N) is 2. The summed E-state index contributed by atoms with van der Waals surface area (Å²) in [7, 11) is 0. The summed E-state index contributed by atoms with van der Waals surface area (Å²) < 4.78 is 41.9. The number of aromatic nitrogens is 2. The lowest BCUT2D eigenvalue weighted by Gasteiger charge is -2.14. The first kappa shape index (κ1) is 23.1. The molecule has 2 amide bonds. The molecule has 1 heterocycles. The normalized spacial score (nSPS) is 11.3. The van der Waals surface area contributed by atoms with Crippen molar-refractivity contribution >= 4 is 17.5 Å². The number of carbonyl (C=O) groups excluding carboxylic acids is 2. The Hall–Kier alpha value is -3.62. The van der Waals surface area contributed by atoms with Crippen LogP contribution in [0.5, 0.6) is 0 Å². The zero-order valence-corrected chi connectivity index (χ0v) is 18.1. The quantitative estimate of drug-likeness (QED) is 0.609. The van der Waals surface area contributed by atoms with Crippen LogP contribution < -0.4 is 10.6 Å². The van der Waals surface area contributed by atoms with Gasteiger partial charge in [-0.2, -0.15) is 18.3 Å². The molecule has 0 aliphatic heterocycles. The summed E-state index contributed by atoms with van der Waals surface area (Å²) in [4.78, 5) is 24.8. The third kappa shape index (κ3) is 4.99. The Kier molecular flexibility index (Phi) is 6.38. The van der Waals surface area contributed by atoms with E-state index in [0.29, 0.717) is 10.4 Å². The van der Waals surface area contributed by atoms with Crippen LogP contribution in [-0.4, -0.2) is 28.1 Å². The zero-order chi connectivity index (χ0) is 23.6. The van der Waals surface area contributed by atoms with Gasteiger partial charge in [0.2, 0.25) is 5.91 Å². The van der Waals surface area contributed by atoms with Gasteiger partial charge in [-0.3, -0.25) is 9.59 Å². The molecule has 0 spiro atoms. The van der Waals surface area contributed by atoms with Crippen LogP contribution >= 0.6 is 0 Å². The van der Waals surface area contributed by atoms with Gasteiger partial charge in [-0.1, -0.05) is 35.4 Å². The van der Waals surface area contributed by atoms with Crippen molar-refractivity contribution in [3.05, 3.63) is 76.1 Å². The number of hydrogen-bond donors (Lipinski definition) is 2. The highest BCUT2D eigenvalue weighted by Crippen LogP contribution is 2.33. The van der Waals surface area contributed by atoms with Gasteiger partial charge in [0.25, 0.3) is 5.91 Å². The molecule has 0 saturated heterocycles. The molecular weight excluding hydrogens is 421 g/mol. The van der Waals surface area contributed by atoms with E-state index in [1.54, 1.807) is 19.1 Å². The molecule has 0 saturated carbocycles. The second kappa shape index (κ2) is 8.86. The first-order valence-corrected chi connectivity index (χ1v) is 9.85. The highest BCUT2D eigenvalue weighted by molar-refractivity contribution is 6.00. The molecule has 3 rings (SSSR count). The Morgan fingerprint density at radius 1 is 0.969 bits per heavy atom. The molecule has 6 nitrogen and oxygen atoms in total. The molecule has 0 fully saturated rings. The highest BCUT2D eigenvalue weighted by atomic mass is 19.4. The average molecular weight is 444 g/mol. The lowest BCUT2D eigenvalue weighted by molar-refractivity contribution is -0.143. The Morgan fingerprint density at radius 2 is 1.56 bits per heavy atom. The maximum Gasteiger partial charge on any atom is 0.434 e. The van der Waals surface area contributed by atoms with Crippen LogP contribution in [0.25, 0.3) is 5.69 Å². The maximum atomic E-state index is 13.8. The van der Waals surface area contributed by atoms with Gasteiger partial charge >= 0.3 is 6.18 Å². The van der Waals surface area contributed by atoms with Crippen LogP contribution in [0, 0.1) is 27.7 Å². The average Bonchev–Trinajstić information content (AvgIpc) is 3.15. The largest absolute Gasteiger partial charge is 0.434 e. The summed E-state index contributed by atoms with van der Waals surface area (Å²) in [6.07, 6.45) is -3.98. The maximum absolute atomic E-state index is 13.8. The molecule has 3 aromatic rings. The SMILES string of the molecule is Cc1ccc(-n2ncc(C(=O)NCC(=O)Nc3c(C)cc(C)cc3C)c2C(F)(F)F)cc1. The monoisotopic (exact) mass is 444 g/mol. The highest BCUT2D eigenvalue weighted by Gasteiger charge is 2.40. The lowest BCUT2D eigenvalue weighted by atomic mass is 10.1. The molecule has 0 atom stereocenters. The Labute approximate surface area is 183 Å². The minimum atomic E-state index is -4.83. The van der Waals surface area contributed by atoms with Crippen molar-refractivity contribution in [2.75, 3.05) is 11.9 Å². The van der Waals surface area contributed by atoms with E-state index in [0.717, 1.165) is 28.5 Å². The van der Waals surface area contributed by atoms with E-state index in [9.17, 15) is 22.8 Å². The predicted octanol–water partition coefficient (Wildman–Crippen LogP) is 4.49. The molecule has 2 N–H and O–H groups in total. The topological polar surface area (TPSA) is 76.0 Å². The molecule has 0 aliphatic rings. The van der Waals surface area contributed by atoms with Crippen molar-refractivity contribution in [2.24, 2.45) is 0 Å². The van der Waals surface area contributed by atoms with E-state index in [2.05, 4.69) is 15.7 Å². The minimum Gasteiger partial charge on any atom is -0.343 e. The summed E-state index contributed by atoms with van der Waals surface area (Å²) in [5, 5.41) is 8.71. The lowest BCUT2D eigenvalue weighted by Crippen LogP contribution is -2.34. The van der Waals surface area contributed by atoms with Crippen LogP contribution in [0.1, 0.15) is 38.3 Å². The number of alkyl halides is 3. The summed E-state index contributed by atoms with van der Waals surface area (Å²) in [6.45, 7) is 6.92. The number of rotatable bonds is 5. The van der Waals surface area contributed by atoms with E-state index in [1.807, 2.05) is 32.9 Å². The van der Waals surface area contributed by atoms with Gasteiger partial charge in [-0.15, -0.1) is 0 Å². The van der Waals surface area contributed by atoms with Gasteiger partial charge in [-0.25, -0.2) is 4.68 Å². The van der Waals surface area contributed by atoms with Gasteiger partial charge in [-0.05, 0) is 51.0 Å². The summed E-state index contributed by atoms with van der Waals surface area (Å²) in [6, 6.07) is 10.1. The van der Waals surface area contributed by atoms with E-state index in [-0.39, 0.29) is 5.69 Å². The van der Waals surface area contributed by atoms with Crippen molar-refractivity contribution < 1.29 is 22.8 Å². The van der Waals surface area contributed by atoms with Gasteiger partial charge in [0.1, 0.15) is 0 Å². The number of nitrogens with one attached hydrogen (secondary N) is 2. The van der Waals surface area contributed by atoms with Gasteiger partial charge in [0, 0.05) is 5.69 Å². The van der Waals surface area contributed by atoms with Crippen LogP contribution in [0.2, 0.25) is 0 Å². The number of amides is 2. The molecule has 1 aromatic heterocycles.